The van der Waals surface area contributed by atoms with Gasteiger partial charge in [0, 0.05) is 0 Å². The van der Waals surface area contributed by atoms with Gasteiger partial charge in [-0.15, -0.1) is 0 Å². The van der Waals surface area contributed by atoms with Crippen molar-refractivity contribution in [1.29, 1.82) is 0 Å². The van der Waals surface area contributed by atoms with E-state index in [2.05, 4.69) is 24.3 Å². The number of rotatable bonds is 4. The average Bonchev–Trinajstić information content (AvgIpc) is 3.17. The van der Waals surface area contributed by atoms with E-state index in [0.717, 1.165) is 12.8 Å². The molecule has 0 bridgehead atoms. The fraction of sp³-hybridized carbons (Fsp3) is 0.700. The third-order valence-corrected chi connectivity index (χ3v) is 5.14. The van der Waals surface area contributed by atoms with Crippen molar-refractivity contribution in [3.8, 4) is 0 Å². The molecule has 0 spiro atoms. The second-order valence-corrected chi connectivity index (χ2v) is 8.10. The van der Waals surface area contributed by atoms with Gasteiger partial charge in [-0.1, -0.05) is 30.3 Å². The molecule has 0 unspecified atom stereocenters. The molecule has 3 aliphatic rings. The van der Waals surface area contributed by atoms with Crippen LogP contribution >= 0.6 is 0 Å². The molecule has 0 aromatic heterocycles. The zero-order valence-corrected chi connectivity index (χ0v) is 15.4. The lowest BCUT2D eigenvalue weighted by Crippen LogP contribution is -2.40. The summed E-state index contributed by atoms with van der Waals surface area (Å²) in [5.74, 6) is -1.15. The van der Waals surface area contributed by atoms with Gasteiger partial charge >= 0.3 is 0 Å². The predicted octanol–water partition coefficient (Wildman–Crippen LogP) is 3.06. The Kier molecular flexibility index (Phi) is 4.41. The van der Waals surface area contributed by atoms with E-state index in [4.69, 9.17) is 23.7 Å². The van der Waals surface area contributed by atoms with Crippen LogP contribution in [0.2, 0.25) is 0 Å². The molecule has 0 radical (unpaired) electrons. The fourth-order valence-corrected chi connectivity index (χ4v) is 4.08. The van der Waals surface area contributed by atoms with Gasteiger partial charge < -0.3 is 23.7 Å². The smallest absolute Gasteiger partial charge is 0.164 e. The van der Waals surface area contributed by atoms with E-state index < -0.39 is 11.6 Å². The summed E-state index contributed by atoms with van der Waals surface area (Å²) >= 11 is 0. The molecule has 5 atom stereocenters. The summed E-state index contributed by atoms with van der Waals surface area (Å²) in [5, 5.41) is 0. The van der Waals surface area contributed by atoms with E-state index in [1.165, 1.54) is 5.56 Å². The second kappa shape index (κ2) is 6.32. The lowest BCUT2D eigenvalue weighted by atomic mass is 10.00. The summed E-state index contributed by atoms with van der Waals surface area (Å²) in [4.78, 5) is 0. The largest absolute Gasteiger partial charge is 0.367 e. The van der Waals surface area contributed by atoms with Crippen molar-refractivity contribution in [2.45, 2.75) is 82.6 Å². The van der Waals surface area contributed by atoms with Crippen LogP contribution in [-0.4, -0.2) is 48.7 Å². The van der Waals surface area contributed by atoms with Crippen LogP contribution in [0.5, 0.6) is 0 Å². The second-order valence-electron chi connectivity index (χ2n) is 8.10. The summed E-state index contributed by atoms with van der Waals surface area (Å²) in [6.07, 6.45) is 1.41. The van der Waals surface area contributed by atoms with Gasteiger partial charge in [0.2, 0.25) is 0 Å². The van der Waals surface area contributed by atoms with Crippen molar-refractivity contribution in [3.63, 3.8) is 0 Å². The molecule has 3 aliphatic heterocycles. The zero-order chi connectivity index (χ0) is 17.7. The van der Waals surface area contributed by atoms with Gasteiger partial charge in [0.05, 0.1) is 12.7 Å². The maximum Gasteiger partial charge on any atom is 0.164 e. The Morgan fingerprint density at radius 3 is 2.28 bits per heavy atom. The Morgan fingerprint density at radius 2 is 1.60 bits per heavy atom. The quantitative estimate of drug-likeness (QED) is 0.837. The minimum atomic E-state index is -0.586. The van der Waals surface area contributed by atoms with Crippen LogP contribution in [0, 0.1) is 0 Å². The fourth-order valence-electron chi connectivity index (χ4n) is 4.08. The van der Waals surface area contributed by atoms with E-state index in [1.54, 1.807) is 0 Å². The Balaban J connectivity index is 1.47. The summed E-state index contributed by atoms with van der Waals surface area (Å²) in [6, 6.07) is 10.5. The van der Waals surface area contributed by atoms with Crippen LogP contribution < -0.4 is 0 Å². The Bertz CT molecular complexity index is 599. The topological polar surface area (TPSA) is 46.2 Å². The SMILES string of the molecule is CC1(C)O[C@@H]2[C@H](O1)[C@@H](CCc1ccccc1)O[C@@H]2[C@H]1COC(C)(C)O1. The molecule has 0 saturated carbocycles. The molecule has 0 amide bonds. The van der Waals surface area contributed by atoms with Gasteiger partial charge in [-0.05, 0) is 46.1 Å². The summed E-state index contributed by atoms with van der Waals surface area (Å²) in [7, 11) is 0. The number of benzene rings is 1. The van der Waals surface area contributed by atoms with E-state index >= 15 is 0 Å². The molecule has 3 heterocycles. The summed E-state index contributed by atoms with van der Waals surface area (Å²) < 4.78 is 30.5. The van der Waals surface area contributed by atoms with E-state index in [0.29, 0.717) is 6.61 Å². The highest BCUT2D eigenvalue weighted by atomic mass is 16.8. The first-order chi connectivity index (χ1) is 11.8. The Labute approximate surface area is 149 Å². The highest BCUT2D eigenvalue weighted by Crippen LogP contribution is 2.43. The first kappa shape index (κ1) is 17.4. The van der Waals surface area contributed by atoms with Gasteiger partial charge in [0.1, 0.15) is 24.4 Å². The molecule has 4 rings (SSSR count). The van der Waals surface area contributed by atoms with Gasteiger partial charge in [-0.3, -0.25) is 0 Å². The van der Waals surface area contributed by atoms with Gasteiger partial charge in [0.15, 0.2) is 11.6 Å². The molecule has 5 nitrogen and oxygen atoms in total. The van der Waals surface area contributed by atoms with E-state index in [1.807, 2.05) is 33.8 Å². The molecule has 1 aromatic carbocycles. The lowest BCUT2D eigenvalue weighted by molar-refractivity contribution is -0.206. The van der Waals surface area contributed by atoms with Crippen molar-refractivity contribution in [3.05, 3.63) is 35.9 Å². The third kappa shape index (κ3) is 3.62. The van der Waals surface area contributed by atoms with Crippen LogP contribution in [0.1, 0.15) is 39.7 Å². The van der Waals surface area contributed by atoms with Crippen LogP contribution in [0.25, 0.3) is 0 Å². The Morgan fingerprint density at radius 1 is 0.880 bits per heavy atom. The van der Waals surface area contributed by atoms with Crippen molar-refractivity contribution in [2.75, 3.05) is 6.61 Å². The zero-order valence-electron chi connectivity index (χ0n) is 15.4. The lowest BCUT2D eigenvalue weighted by Gasteiger charge is -2.27. The number of ether oxygens (including phenoxy) is 5. The van der Waals surface area contributed by atoms with Crippen molar-refractivity contribution >= 4 is 0 Å². The summed E-state index contributed by atoms with van der Waals surface area (Å²) in [5.41, 5.74) is 1.31. The van der Waals surface area contributed by atoms with Crippen molar-refractivity contribution < 1.29 is 23.7 Å². The van der Waals surface area contributed by atoms with Crippen molar-refractivity contribution in [2.24, 2.45) is 0 Å². The molecule has 138 valence electrons. The summed E-state index contributed by atoms with van der Waals surface area (Å²) in [6.45, 7) is 8.32. The molecule has 0 aliphatic carbocycles. The maximum absolute atomic E-state index is 6.37. The predicted molar refractivity (Wildman–Crippen MR) is 92.2 cm³/mol. The standard InChI is InChI=1S/C20H28O5/c1-19(2)21-12-15(23-19)16-18-17(24-20(3,4)25-18)14(22-16)11-10-13-8-6-5-7-9-13/h5-9,14-18H,10-12H2,1-4H3/t14-,15-,16-,17-,18+/m1/s1. The first-order valence-corrected chi connectivity index (χ1v) is 9.20. The molecule has 0 N–H and O–H groups in total. The first-order valence-electron chi connectivity index (χ1n) is 9.20. The number of hydrogen-bond donors (Lipinski definition) is 0. The average molecular weight is 348 g/mol. The molecular formula is C20H28O5. The van der Waals surface area contributed by atoms with Crippen LogP contribution in [-0.2, 0) is 30.1 Å². The van der Waals surface area contributed by atoms with Gasteiger partial charge in [-0.25, -0.2) is 0 Å². The Hall–Kier alpha value is -0.980. The molecule has 25 heavy (non-hydrogen) atoms. The number of hydrogen-bond acceptors (Lipinski definition) is 5. The van der Waals surface area contributed by atoms with E-state index in [-0.39, 0.29) is 30.5 Å². The van der Waals surface area contributed by atoms with Crippen molar-refractivity contribution in [1.82, 2.24) is 0 Å². The van der Waals surface area contributed by atoms with E-state index in [9.17, 15) is 0 Å². The van der Waals surface area contributed by atoms with Crippen LogP contribution in [0.3, 0.4) is 0 Å². The molecule has 3 saturated heterocycles. The number of fused-ring (bicyclic) bond motifs is 1. The normalized spacial score (nSPS) is 38.8. The molecule has 1 aromatic rings. The highest BCUT2D eigenvalue weighted by Gasteiger charge is 2.58. The van der Waals surface area contributed by atoms with Crippen LogP contribution in [0.15, 0.2) is 30.3 Å². The molecular weight excluding hydrogens is 320 g/mol. The minimum absolute atomic E-state index is 0.00398. The van der Waals surface area contributed by atoms with Crippen LogP contribution in [0.4, 0.5) is 0 Å². The van der Waals surface area contributed by atoms with Gasteiger partial charge in [-0.2, -0.15) is 0 Å². The van der Waals surface area contributed by atoms with Gasteiger partial charge in [0.25, 0.3) is 0 Å². The monoisotopic (exact) mass is 348 g/mol. The number of aryl methyl sites for hydroxylation is 1. The highest BCUT2D eigenvalue weighted by molar-refractivity contribution is 5.15. The molecule has 5 heteroatoms. The molecule has 3 fully saturated rings. The minimum Gasteiger partial charge on any atom is -0.367 e. The maximum atomic E-state index is 6.37. The third-order valence-electron chi connectivity index (χ3n) is 5.14.